The van der Waals surface area contributed by atoms with Gasteiger partial charge in [-0.15, -0.1) is 11.3 Å². The van der Waals surface area contributed by atoms with Gasteiger partial charge >= 0.3 is 0 Å². The number of carbonyl (C=O) groups excluding carboxylic acids is 1. The van der Waals surface area contributed by atoms with E-state index in [1.807, 2.05) is 11.3 Å². The SMILES string of the molecule is CC(C)CC[C@@H](C)NC(=O)C[NH+]1CC[NH+](Cc2nc3ccccc3s2)CC1. The van der Waals surface area contributed by atoms with Gasteiger partial charge in [-0.25, -0.2) is 4.98 Å². The maximum Gasteiger partial charge on any atom is 0.275 e. The van der Waals surface area contributed by atoms with Crippen LogP contribution in [0.5, 0.6) is 0 Å². The van der Waals surface area contributed by atoms with Gasteiger partial charge in [0.05, 0.1) is 10.2 Å². The van der Waals surface area contributed by atoms with E-state index in [1.165, 1.54) is 21.0 Å². The van der Waals surface area contributed by atoms with Gasteiger partial charge in [0, 0.05) is 6.04 Å². The molecule has 0 spiro atoms. The van der Waals surface area contributed by atoms with Crippen molar-refractivity contribution in [2.45, 2.75) is 46.2 Å². The Morgan fingerprint density at radius 1 is 1.11 bits per heavy atom. The second-order valence-electron chi connectivity index (χ2n) is 8.37. The number of nitrogens with zero attached hydrogens (tertiary/aromatic N) is 1. The van der Waals surface area contributed by atoms with Gasteiger partial charge in [-0.3, -0.25) is 4.79 Å². The van der Waals surface area contributed by atoms with Crippen molar-refractivity contribution in [1.29, 1.82) is 0 Å². The Kier molecular flexibility index (Phi) is 7.21. The van der Waals surface area contributed by atoms with Gasteiger partial charge < -0.3 is 15.1 Å². The van der Waals surface area contributed by atoms with Crippen molar-refractivity contribution >= 4 is 27.5 Å². The highest BCUT2D eigenvalue weighted by Gasteiger charge is 2.26. The van der Waals surface area contributed by atoms with Crippen molar-refractivity contribution in [3.8, 4) is 0 Å². The number of fused-ring (bicyclic) bond motifs is 1. The van der Waals surface area contributed by atoms with E-state index in [1.54, 1.807) is 4.90 Å². The molecule has 2 heterocycles. The number of aromatic nitrogens is 1. The van der Waals surface area contributed by atoms with E-state index in [0.717, 1.165) is 44.7 Å². The molecule has 0 radical (unpaired) electrons. The Labute approximate surface area is 166 Å². The van der Waals surface area contributed by atoms with Crippen LogP contribution in [0, 0.1) is 5.92 Å². The van der Waals surface area contributed by atoms with E-state index in [2.05, 4.69) is 50.4 Å². The molecule has 3 rings (SSSR count). The molecule has 2 aromatic rings. The van der Waals surface area contributed by atoms with Crippen molar-refractivity contribution in [2.24, 2.45) is 5.92 Å². The normalized spacial score (nSPS) is 21.5. The first-order valence-electron chi connectivity index (χ1n) is 10.3. The molecule has 0 saturated carbocycles. The number of para-hydroxylation sites is 1. The van der Waals surface area contributed by atoms with Crippen molar-refractivity contribution in [1.82, 2.24) is 10.3 Å². The zero-order chi connectivity index (χ0) is 19.2. The third-order valence-electron chi connectivity index (χ3n) is 5.40. The second kappa shape index (κ2) is 9.62. The fraction of sp³-hybridized carbons (Fsp3) is 0.619. The first kappa shape index (κ1) is 20.2. The number of piperazine rings is 1. The summed E-state index contributed by atoms with van der Waals surface area (Å²) in [5, 5.41) is 4.40. The summed E-state index contributed by atoms with van der Waals surface area (Å²) in [5.41, 5.74) is 1.12. The number of quaternary nitrogens is 2. The van der Waals surface area contributed by atoms with Crippen LogP contribution in [-0.4, -0.2) is 49.7 Å². The average Bonchev–Trinajstić information content (AvgIpc) is 3.04. The molecule has 1 aliphatic rings. The van der Waals surface area contributed by atoms with Crippen LogP contribution in [0.2, 0.25) is 0 Å². The molecule has 1 aliphatic heterocycles. The zero-order valence-electron chi connectivity index (χ0n) is 16.9. The van der Waals surface area contributed by atoms with E-state index in [0.29, 0.717) is 12.5 Å². The molecule has 1 amide bonds. The standard InChI is InChI=1S/C21H32N4OS/c1-16(2)8-9-17(3)22-20(26)14-24-10-12-25(13-11-24)15-21-23-18-6-4-5-7-19(18)27-21/h4-7,16-17H,8-15H2,1-3H3,(H,22,26)/p+2/t17-/m1/s1. The predicted molar refractivity (Wildman–Crippen MR) is 111 cm³/mol. The highest BCUT2D eigenvalue weighted by atomic mass is 32.1. The fourth-order valence-electron chi connectivity index (χ4n) is 3.73. The van der Waals surface area contributed by atoms with Gasteiger partial charge in [-0.2, -0.15) is 0 Å². The molecule has 0 aliphatic carbocycles. The molecule has 1 fully saturated rings. The molecule has 1 atom stereocenters. The van der Waals surface area contributed by atoms with Crippen LogP contribution in [-0.2, 0) is 11.3 Å². The van der Waals surface area contributed by atoms with Crippen LogP contribution in [0.1, 0.15) is 38.6 Å². The first-order chi connectivity index (χ1) is 13.0. The van der Waals surface area contributed by atoms with Crippen LogP contribution in [0.3, 0.4) is 0 Å². The Balaban J connectivity index is 1.39. The molecule has 3 N–H and O–H groups in total. The number of hydrogen-bond donors (Lipinski definition) is 3. The van der Waals surface area contributed by atoms with Crippen molar-refractivity contribution in [3.63, 3.8) is 0 Å². The van der Waals surface area contributed by atoms with E-state index >= 15 is 0 Å². The Morgan fingerprint density at radius 3 is 2.52 bits per heavy atom. The Hall–Kier alpha value is -1.50. The maximum atomic E-state index is 12.3. The molecular formula is C21H34N4OS+2. The summed E-state index contributed by atoms with van der Waals surface area (Å²) in [4.78, 5) is 20.1. The molecule has 6 heteroatoms. The molecule has 148 valence electrons. The van der Waals surface area contributed by atoms with Gasteiger partial charge in [-0.05, 0) is 37.8 Å². The summed E-state index contributed by atoms with van der Waals surface area (Å²) in [6, 6.07) is 8.65. The average molecular weight is 391 g/mol. The van der Waals surface area contributed by atoms with Crippen molar-refractivity contribution in [2.75, 3.05) is 32.7 Å². The molecule has 1 aromatic carbocycles. The summed E-state index contributed by atoms with van der Waals surface area (Å²) in [7, 11) is 0. The van der Waals surface area contributed by atoms with Gasteiger partial charge in [0.25, 0.3) is 5.91 Å². The smallest absolute Gasteiger partial charge is 0.275 e. The molecule has 27 heavy (non-hydrogen) atoms. The number of hydrogen-bond acceptors (Lipinski definition) is 3. The number of amides is 1. The summed E-state index contributed by atoms with van der Waals surface area (Å²) in [6.45, 7) is 12.6. The third kappa shape index (κ3) is 6.26. The minimum absolute atomic E-state index is 0.205. The van der Waals surface area contributed by atoms with E-state index in [4.69, 9.17) is 4.98 Å². The van der Waals surface area contributed by atoms with Crippen molar-refractivity contribution < 1.29 is 14.6 Å². The summed E-state index contributed by atoms with van der Waals surface area (Å²) in [5.74, 6) is 0.900. The molecule has 1 aromatic heterocycles. The van der Waals surface area contributed by atoms with Crippen LogP contribution in [0.15, 0.2) is 24.3 Å². The van der Waals surface area contributed by atoms with E-state index in [9.17, 15) is 4.79 Å². The highest BCUT2D eigenvalue weighted by molar-refractivity contribution is 7.18. The van der Waals surface area contributed by atoms with Crippen LogP contribution in [0.4, 0.5) is 0 Å². The minimum Gasteiger partial charge on any atom is -0.349 e. The summed E-state index contributed by atoms with van der Waals surface area (Å²) >= 11 is 1.81. The fourth-order valence-corrected chi connectivity index (χ4v) is 4.77. The molecule has 5 nitrogen and oxygen atoms in total. The molecule has 0 unspecified atom stereocenters. The quantitative estimate of drug-likeness (QED) is 0.616. The third-order valence-corrected chi connectivity index (χ3v) is 6.43. The summed E-state index contributed by atoms with van der Waals surface area (Å²) < 4.78 is 1.28. The largest absolute Gasteiger partial charge is 0.349 e. The van der Waals surface area contributed by atoms with Crippen LogP contribution >= 0.6 is 11.3 Å². The Morgan fingerprint density at radius 2 is 1.81 bits per heavy atom. The lowest BCUT2D eigenvalue weighted by Gasteiger charge is -2.29. The predicted octanol–water partition coefficient (Wildman–Crippen LogP) is 0.521. The van der Waals surface area contributed by atoms with Crippen LogP contribution < -0.4 is 15.1 Å². The van der Waals surface area contributed by atoms with Crippen molar-refractivity contribution in [3.05, 3.63) is 29.3 Å². The monoisotopic (exact) mass is 390 g/mol. The Bertz CT molecular complexity index is 704. The minimum atomic E-state index is 0.205. The lowest BCUT2D eigenvalue weighted by molar-refractivity contribution is -1.02. The van der Waals surface area contributed by atoms with Gasteiger partial charge in [0.15, 0.2) is 6.54 Å². The highest BCUT2D eigenvalue weighted by Crippen LogP contribution is 2.20. The van der Waals surface area contributed by atoms with E-state index < -0.39 is 0 Å². The molecule has 1 saturated heterocycles. The molecule has 0 bridgehead atoms. The topological polar surface area (TPSA) is 50.9 Å². The second-order valence-corrected chi connectivity index (χ2v) is 9.48. The molecular weight excluding hydrogens is 356 g/mol. The number of benzene rings is 1. The van der Waals surface area contributed by atoms with E-state index in [-0.39, 0.29) is 11.9 Å². The van der Waals surface area contributed by atoms with Crippen LogP contribution in [0.25, 0.3) is 10.2 Å². The van der Waals surface area contributed by atoms with Gasteiger partial charge in [-0.1, -0.05) is 26.0 Å². The van der Waals surface area contributed by atoms with Gasteiger partial charge in [0.2, 0.25) is 0 Å². The maximum absolute atomic E-state index is 12.3. The van der Waals surface area contributed by atoms with Gasteiger partial charge in [0.1, 0.15) is 37.7 Å². The first-order valence-corrected chi connectivity index (χ1v) is 11.1. The lowest BCUT2D eigenvalue weighted by atomic mass is 10.0. The number of rotatable bonds is 8. The zero-order valence-corrected chi connectivity index (χ0v) is 17.7. The number of nitrogens with one attached hydrogen (secondary N) is 3. The summed E-state index contributed by atoms with van der Waals surface area (Å²) in [6.07, 6.45) is 2.24. The number of carbonyl (C=O) groups is 1. The lowest BCUT2D eigenvalue weighted by Crippen LogP contribution is -3.28. The number of thiazole rings is 1.